The van der Waals surface area contributed by atoms with Gasteiger partial charge in [-0.05, 0) is 55.6 Å². The predicted molar refractivity (Wildman–Crippen MR) is 78.0 cm³/mol. The molecular formula is C15H23N3O. The van der Waals surface area contributed by atoms with Gasteiger partial charge in [0.1, 0.15) is 5.52 Å². The minimum absolute atomic E-state index is 0.228. The van der Waals surface area contributed by atoms with E-state index in [4.69, 9.17) is 10.2 Å². The molecule has 3 N–H and O–H groups in total. The molecule has 0 amide bonds. The monoisotopic (exact) mass is 261 g/mol. The first-order valence-electron chi connectivity index (χ1n) is 6.84. The van der Waals surface area contributed by atoms with Crippen LogP contribution < -0.4 is 11.1 Å². The zero-order valence-corrected chi connectivity index (χ0v) is 11.8. The number of nitrogens with zero attached hydrogens (tertiary/aromatic N) is 1. The molecule has 1 aromatic carbocycles. The zero-order valence-electron chi connectivity index (χ0n) is 11.8. The van der Waals surface area contributed by atoms with Crippen LogP contribution in [0.15, 0.2) is 29.0 Å². The normalized spacial score (nSPS) is 12.2. The van der Waals surface area contributed by atoms with Crippen molar-refractivity contribution >= 4 is 11.1 Å². The first-order valence-corrected chi connectivity index (χ1v) is 6.84. The van der Waals surface area contributed by atoms with Crippen molar-refractivity contribution in [2.45, 2.75) is 26.7 Å². The van der Waals surface area contributed by atoms with Gasteiger partial charge in [-0.2, -0.15) is 0 Å². The Morgan fingerprint density at radius 3 is 2.95 bits per heavy atom. The van der Waals surface area contributed by atoms with Crippen LogP contribution in [0.3, 0.4) is 0 Å². The lowest BCUT2D eigenvalue weighted by Crippen LogP contribution is -2.29. The summed E-state index contributed by atoms with van der Waals surface area (Å²) in [6.45, 7) is 7.12. The van der Waals surface area contributed by atoms with Gasteiger partial charge in [0, 0.05) is 0 Å². The smallest absolute Gasteiger partial charge is 0.181 e. The van der Waals surface area contributed by atoms with Gasteiger partial charge in [-0.1, -0.05) is 19.9 Å². The third-order valence-corrected chi connectivity index (χ3v) is 3.52. The molecule has 4 nitrogen and oxygen atoms in total. The number of hydrogen-bond acceptors (Lipinski definition) is 4. The molecule has 0 unspecified atom stereocenters. The van der Waals surface area contributed by atoms with Crippen LogP contribution in [0.2, 0.25) is 0 Å². The van der Waals surface area contributed by atoms with Crippen LogP contribution in [0.5, 0.6) is 0 Å². The lowest BCUT2D eigenvalue weighted by Gasteiger charge is -2.22. The molecular weight excluding hydrogens is 238 g/mol. The van der Waals surface area contributed by atoms with Crippen LogP contribution in [0, 0.1) is 5.41 Å². The molecule has 2 rings (SSSR count). The van der Waals surface area contributed by atoms with Crippen molar-refractivity contribution in [2.75, 3.05) is 19.6 Å². The second-order valence-electron chi connectivity index (χ2n) is 5.77. The van der Waals surface area contributed by atoms with Gasteiger partial charge in [0.05, 0.1) is 0 Å². The first-order chi connectivity index (χ1) is 9.11. The van der Waals surface area contributed by atoms with Gasteiger partial charge in [-0.3, -0.25) is 0 Å². The summed E-state index contributed by atoms with van der Waals surface area (Å²) in [5.41, 5.74) is 8.99. The molecule has 4 heteroatoms. The summed E-state index contributed by atoms with van der Waals surface area (Å²) in [5, 5.41) is 3.46. The second kappa shape index (κ2) is 6.17. The third kappa shape index (κ3) is 4.04. The van der Waals surface area contributed by atoms with E-state index in [1.807, 2.05) is 6.07 Å². The predicted octanol–water partition coefficient (Wildman–Crippen LogP) is 2.33. The molecule has 104 valence electrons. The molecule has 0 aliphatic rings. The summed E-state index contributed by atoms with van der Waals surface area (Å²) in [6.07, 6.45) is 3.59. The first kappa shape index (κ1) is 14.0. The summed E-state index contributed by atoms with van der Waals surface area (Å²) in [6, 6.07) is 6.18. The summed E-state index contributed by atoms with van der Waals surface area (Å²) in [5.74, 6) is 0. The van der Waals surface area contributed by atoms with Crippen LogP contribution in [0.4, 0.5) is 0 Å². The maximum atomic E-state index is 5.71. The molecule has 1 heterocycles. The number of rotatable bonds is 7. The van der Waals surface area contributed by atoms with E-state index in [1.165, 1.54) is 12.0 Å². The lowest BCUT2D eigenvalue weighted by atomic mass is 9.90. The molecule has 0 saturated carbocycles. The SMILES string of the molecule is CC(C)(CN)CCNCCc1ccc2ncoc2c1. The Bertz CT molecular complexity index is 519. The highest BCUT2D eigenvalue weighted by Gasteiger charge is 2.14. The van der Waals surface area contributed by atoms with Crippen molar-refractivity contribution in [2.24, 2.45) is 11.1 Å². The number of hydrogen-bond donors (Lipinski definition) is 2. The highest BCUT2D eigenvalue weighted by atomic mass is 16.3. The molecule has 0 radical (unpaired) electrons. The van der Waals surface area contributed by atoms with Crippen molar-refractivity contribution in [3.05, 3.63) is 30.2 Å². The Morgan fingerprint density at radius 2 is 2.16 bits per heavy atom. The fourth-order valence-corrected chi connectivity index (χ4v) is 1.94. The Labute approximate surface area is 114 Å². The minimum atomic E-state index is 0.228. The van der Waals surface area contributed by atoms with E-state index in [0.29, 0.717) is 0 Å². The summed E-state index contributed by atoms with van der Waals surface area (Å²) in [4.78, 5) is 4.11. The van der Waals surface area contributed by atoms with Gasteiger partial charge < -0.3 is 15.5 Å². The van der Waals surface area contributed by atoms with Crippen LogP contribution >= 0.6 is 0 Å². The third-order valence-electron chi connectivity index (χ3n) is 3.52. The summed E-state index contributed by atoms with van der Waals surface area (Å²) < 4.78 is 5.30. The van der Waals surface area contributed by atoms with E-state index in [1.54, 1.807) is 0 Å². The molecule has 0 bridgehead atoms. The number of fused-ring (bicyclic) bond motifs is 1. The van der Waals surface area contributed by atoms with Gasteiger partial charge in [-0.15, -0.1) is 0 Å². The van der Waals surface area contributed by atoms with Crippen molar-refractivity contribution in [3.8, 4) is 0 Å². The van der Waals surface area contributed by atoms with Crippen molar-refractivity contribution in [3.63, 3.8) is 0 Å². The van der Waals surface area contributed by atoms with E-state index in [2.05, 4.69) is 36.3 Å². The van der Waals surface area contributed by atoms with Crippen LogP contribution in [0.1, 0.15) is 25.8 Å². The molecule has 0 saturated heterocycles. The zero-order chi connectivity index (χ0) is 13.7. The Morgan fingerprint density at radius 1 is 1.32 bits per heavy atom. The number of aromatic nitrogens is 1. The largest absolute Gasteiger partial charge is 0.443 e. The summed E-state index contributed by atoms with van der Waals surface area (Å²) in [7, 11) is 0. The van der Waals surface area contributed by atoms with Crippen molar-refractivity contribution < 1.29 is 4.42 Å². The molecule has 2 aromatic rings. The quantitative estimate of drug-likeness (QED) is 0.751. The molecule has 19 heavy (non-hydrogen) atoms. The number of oxazole rings is 1. The van der Waals surface area contributed by atoms with E-state index >= 15 is 0 Å². The molecule has 0 aliphatic carbocycles. The Kier molecular flexibility index (Phi) is 4.56. The summed E-state index contributed by atoms with van der Waals surface area (Å²) >= 11 is 0. The number of nitrogens with one attached hydrogen (secondary N) is 1. The molecule has 1 aromatic heterocycles. The fourth-order valence-electron chi connectivity index (χ4n) is 1.94. The fraction of sp³-hybridized carbons (Fsp3) is 0.533. The Balaban J connectivity index is 1.73. The van der Waals surface area contributed by atoms with Crippen LogP contribution in [-0.4, -0.2) is 24.6 Å². The van der Waals surface area contributed by atoms with Gasteiger partial charge in [0.25, 0.3) is 0 Å². The average molecular weight is 261 g/mol. The van der Waals surface area contributed by atoms with Gasteiger partial charge in [-0.25, -0.2) is 4.98 Å². The maximum absolute atomic E-state index is 5.71. The average Bonchev–Trinajstić information content (AvgIpc) is 2.85. The minimum Gasteiger partial charge on any atom is -0.443 e. The van der Waals surface area contributed by atoms with Crippen molar-refractivity contribution in [1.82, 2.24) is 10.3 Å². The highest BCUT2D eigenvalue weighted by Crippen LogP contribution is 2.17. The molecule has 0 spiro atoms. The molecule has 0 fully saturated rings. The van der Waals surface area contributed by atoms with Gasteiger partial charge in [0.15, 0.2) is 12.0 Å². The number of benzene rings is 1. The number of nitrogens with two attached hydrogens (primary N) is 1. The van der Waals surface area contributed by atoms with Gasteiger partial charge >= 0.3 is 0 Å². The standard InChI is InChI=1S/C15H23N3O/c1-15(2,10-16)6-8-17-7-5-12-3-4-13-14(9-12)19-11-18-13/h3-4,9,11,17H,5-8,10,16H2,1-2H3. The molecule has 0 aliphatic heterocycles. The second-order valence-corrected chi connectivity index (χ2v) is 5.77. The van der Waals surface area contributed by atoms with Crippen molar-refractivity contribution in [1.29, 1.82) is 0 Å². The molecule has 0 atom stereocenters. The maximum Gasteiger partial charge on any atom is 0.181 e. The van der Waals surface area contributed by atoms with E-state index < -0.39 is 0 Å². The highest BCUT2D eigenvalue weighted by molar-refractivity contribution is 5.72. The van der Waals surface area contributed by atoms with Gasteiger partial charge in [0.2, 0.25) is 0 Å². The van der Waals surface area contributed by atoms with Crippen LogP contribution in [-0.2, 0) is 6.42 Å². The lowest BCUT2D eigenvalue weighted by molar-refractivity contribution is 0.340. The topological polar surface area (TPSA) is 64.1 Å². The van der Waals surface area contributed by atoms with Crippen LogP contribution in [0.25, 0.3) is 11.1 Å². The van der Waals surface area contributed by atoms with E-state index in [0.717, 1.165) is 43.6 Å². The van der Waals surface area contributed by atoms with E-state index in [9.17, 15) is 0 Å². The Hall–Kier alpha value is -1.39. The van der Waals surface area contributed by atoms with E-state index in [-0.39, 0.29) is 5.41 Å².